The first kappa shape index (κ1) is 21.9. The van der Waals surface area contributed by atoms with Gasteiger partial charge in [-0.15, -0.1) is 36.2 Å². The standard InChI is InChI=1S/C13H23N3OS.2ClH/c1-8(2)9-7-18-10(16-9)6-15-12(17)11(14)13(3,4)5;;/h7-8,11H,6,14H2,1-5H3,(H,15,17);2*1H/t11-;;/m1../s1. The molecule has 0 unspecified atom stereocenters. The van der Waals surface area contributed by atoms with Crippen molar-refractivity contribution in [1.82, 2.24) is 10.3 Å². The summed E-state index contributed by atoms with van der Waals surface area (Å²) in [6, 6.07) is -0.498. The molecule has 4 nitrogen and oxygen atoms in total. The topological polar surface area (TPSA) is 68.0 Å². The highest BCUT2D eigenvalue weighted by atomic mass is 35.5. The summed E-state index contributed by atoms with van der Waals surface area (Å²) in [4.78, 5) is 16.3. The summed E-state index contributed by atoms with van der Waals surface area (Å²) in [6.07, 6.45) is 0. The Hall–Kier alpha value is -0.360. The summed E-state index contributed by atoms with van der Waals surface area (Å²) in [7, 11) is 0. The molecule has 20 heavy (non-hydrogen) atoms. The number of nitrogens with two attached hydrogens (primary N) is 1. The number of hydrogen-bond donors (Lipinski definition) is 2. The highest BCUT2D eigenvalue weighted by Crippen LogP contribution is 2.19. The molecule has 0 aromatic carbocycles. The quantitative estimate of drug-likeness (QED) is 0.883. The minimum Gasteiger partial charge on any atom is -0.348 e. The van der Waals surface area contributed by atoms with E-state index in [1.54, 1.807) is 11.3 Å². The van der Waals surface area contributed by atoms with Crippen LogP contribution >= 0.6 is 36.2 Å². The fourth-order valence-electron chi connectivity index (χ4n) is 1.34. The van der Waals surface area contributed by atoms with Crippen LogP contribution in [0.5, 0.6) is 0 Å². The van der Waals surface area contributed by atoms with Gasteiger partial charge in [0.1, 0.15) is 5.01 Å². The number of thiazole rings is 1. The maximum Gasteiger partial charge on any atom is 0.237 e. The molecule has 0 spiro atoms. The zero-order valence-electron chi connectivity index (χ0n) is 12.6. The van der Waals surface area contributed by atoms with Gasteiger partial charge in [0.2, 0.25) is 5.91 Å². The van der Waals surface area contributed by atoms with Crippen LogP contribution in [0.25, 0.3) is 0 Å². The molecule has 0 bridgehead atoms. The minimum absolute atomic E-state index is 0. The molecule has 1 heterocycles. The van der Waals surface area contributed by atoms with Crippen LogP contribution in [-0.2, 0) is 11.3 Å². The summed E-state index contributed by atoms with van der Waals surface area (Å²) < 4.78 is 0. The summed E-state index contributed by atoms with van der Waals surface area (Å²) in [5.74, 6) is 0.298. The molecule has 1 aromatic heterocycles. The summed E-state index contributed by atoms with van der Waals surface area (Å²) >= 11 is 1.57. The molecule has 0 fully saturated rings. The monoisotopic (exact) mass is 341 g/mol. The van der Waals surface area contributed by atoms with Crippen molar-refractivity contribution in [2.45, 2.75) is 53.1 Å². The molecule has 0 aliphatic carbocycles. The average molecular weight is 342 g/mol. The van der Waals surface area contributed by atoms with E-state index in [1.165, 1.54) is 0 Å². The molecule has 1 amide bonds. The van der Waals surface area contributed by atoms with Crippen LogP contribution in [0.1, 0.15) is 51.2 Å². The van der Waals surface area contributed by atoms with Crippen molar-refractivity contribution in [3.8, 4) is 0 Å². The lowest BCUT2D eigenvalue weighted by Crippen LogP contribution is -2.48. The second kappa shape index (κ2) is 8.82. The van der Waals surface area contributed by atoms with Crippen molar-refractivity contribution < 1.29 is 4.79 Å². The van der Waals surface area contributed by atoms with Crippen molar-refractivity contribution in [2.24, 2.45) is 11.1 Å². The molecule has 3 N–H and O–H groups in total. The maximum absolute atomic E-state index is 11.8. The van der Waals surface area contributed by atoms with Crippen LogP contribution in [0.3, 0.4) is 0 Å². The van der Waals surface area contributed by atoms with E-state index < -0.39 is 6.04 Å². The Bertz CT molecular complexity index is 416. The molecule has 1 aromatic rings. The van der Waals surface area contributed by atoms with Crippen LogP contribution in [0, 0.1) is 5.41 Å². The van der Waals surface area contributed by atoms with Gasteiger partial charge in [-0.2, -0.15) is 0 Å². The highest BCUT2D eigenvalue weighted by Gasteiger charge is 2.27. The van der Waals surface area contributed by atoms with Gasteiger partial charge in [0.15, 0.2) is 0 Å². The first-order valence-electron chi connectivity index (χ1n) is 6.19. The maximum atomic E-state index is 11.8. The number of rotatable bonds is 4. The fraction of sp³-hybridized carbons (Fsp3) is 0.692. The Morgan fingerprint density at radius 2 is 1.95 bits per heavy atom. The second-order valence-electron chi connectivity index (χ2n) is 5.88. The SMILES string of the molecule is CC(C)c1csc(CNC(=O)[C@@H](N)C(C)(C)C)n1.Cl.Cl. The number of hydrogen-bond acceptors (Lipinski definition) is 4. The predicted molar refractivity (Wildman–Crippen MR) is 90.0 cm³/mol. The number of amides is 1. The lowest BCUT2D eigenvalue weighted by molar-refractivity contribution is -0.124. The Kier molecular flexibility index (Phi) is 9.67. The van der Waals surface area contributed by atoms with Gasteiger partial charge in [-0.3, -0.25) is 4.79 Å². The van der Waals surface area contributed by atoms with Gasteiger partial charge < -0.3 is 11.1 Å². The zero-order valence-corrected chi connectivity index (χ0v) is 15.0. The van der Waals surface area contributed by atoms with E-state index >= 15 is 0 Å². The highest BCUT2D eigenvalue weighted by molar-refractivity contribution is 7.09. The Morgan fingerprint density at radius 1 is 1.40 bits per heavy atom. The van der Waals surface area contributed by atoms with Crippen molar-refractivity contribution in [1.29, 1.82) is 0 Å². The molecular formula is C13H25Cl2N3OS. The van der Waals surface area contributed by atoms with Crippen LogP contribution in [-0.4, -0.2) is 16.9 Å². The van der Waals surface area contributed by atoms with E-state index in [1.807, 2.05) is 26.2 Å². The fourth-order valence-corrected chi connectivity index (χ4v) is 2.23. The molecule has 118 valence electrons. The summed E-state index contributed by atoms with van der Waals surface area (Å²) in [5, 5.41) is 5.80. The Balaban J connectivity index is 0. The Labute approximate surface area is 137 Å². The molecule has 0 aliphatic rings. The van der Waals surface area contributed by atoms with Crippen molar-refractivity contribution in [3.05, 3.63) is 16.1 Å². The van der Waals surface area contributed by atoms with E-state index in [-0.39, 0.29) is 36.1 Å². The number of carbonyl (C=O) groups is 1. The van der Waals surface area contributed by atoms with Gasteiger partial charge in [-0.1, -0.05) is 34.6 Å². The number of nitrogens with one attached hydrogen (secondary N) is 1. The Morgan fingerprint density at radius 3 is 2.35 bits per heavy atom. The van der Waals surface area contributed by atoms with Gasteiger partial charge in [-0.05, 0) is 11.3 Å². The number of carbonyl (C=O) groups excluding carboxylic acids is 1. The van der Waals surface area contributed by atoms with Gasteiger partial charge >= 0.3 is 0 Å². The first-order valence-corrected chi connectivity index (χ1v) is 7.07. The average Bonchev–Trinajstić information content (AvgIpc) is 2.72. The minimum atomic E-state index is -0.498. The van der Waals surface area contributed by atoms with Crippen molar-refractivity contribution >= 4 is 42.1 Å². The molecular weight excluding hydrogens is 317 g/mol. The summed E-state index contributed by atoms with van der Waals surface area (Å²) in [5.41, 5.74) is 6.73. The zero-order chi connectivity index (χ0) is 13.9. The number of aromatic nitrogens is 1. The molecule has 1 atom stereocenters. The van der Waals surface area contributed by atoms with E-state index in [0.717, 1.165) is 10.7 Å². The van der Waals surface area contributed by atoms with Crippen LogP contribution in [0.4, 0.5) is 0 Å². The third-order valence-electron chi connectivity index (χ3n) is 2.79. The molecule has 0 saturated heterocycles. The third-order valence-corrected chi connectivity index (χ3v) is 3.66. The molecule has 0 radical (unpaired) electrons. The smallest absolute Gasteiger partial charge is 0.237 e. The van der Waals surface area contributed by atoms with E-state index in [0.29, 0.717) is 12.5 Å². The van der Waals surface area contributed by atoms with Gasteiger partial charge in [-0.25, -0.2) is 4.98 Å². The number of halogens is 2. The normalized spacial score (nSPS) is 12.3. The van der Waals surface area contributed by atoms with Crippen LogP contribution in [0.15, 0.2) is 5.38 Å². The lowest BCUT2D eigenvalue weighted by atomic mass is 9.87. The van der Waals surface area contributed by atoms with Gasteiger partial charge in [0.25, 0.3) is 0 Å². The second-order valence-corrected chi connectivity index (χ2v) is 6.82. The molecule has 7 heteroatoms. The van der Waals surface area contributed by atoms with Gasteiger partial charge in [0, 0.05) is 5.38 Å². The van der Waals surface area contributed by atoms with E-state index in [4.69, 9.17) is 5.73 Å². The molecule has 0 saturated carbocycles. The van der Waals surface area contributed by atoms with Gasteiger partial charge in [0.05, 0.1) is 18.3 Å². The predicted octanol–water partition coefficient (Wildman–Crippen LogP) is 3.10. The third kappa shape index (κ3) is 6.39. The lowest BCUT2D eigenvalue weighted by Gasteiger charge is -2.25. The van der Waals surface area contributed by atoms with Crippen LogP contribution in [0.2, 0.25) is 0 Å². The summed E-state index contributed by atoms with van der Waals surface area (Å²) in [6.45, 7) is 10.5. The van der Waals surface area contributed by atoms with Crippen molar-refractivity contribution in [3.63, 3.8) is 0 Å². The van der Waals surface area contributed by atoms with E-state index in [2.05, 4.69) is 24.1 Å². The van der Waals surface area contributed by atoms with Crippen LogP contribution < -0.4 is 11.1 Å². The largest absolute Gasteiger partial charge is 0.348 e. The molecule has 0 aliphatic heterocycles. The molecule has 1 rings (SSSR count). The van der Waals surface area contributed by atoms with Crippen molar-refractivity contribution in [2.75, 3.05) is 0 Å². The first-order chi connectivity index (χ1) is 8.21. The number of nitrogens with zero attached hydrogens (tertiary/aromatic N) is 1. The van der Waals surface area contributed by atoms with E-state index in [9.17, 15) is 4.79 Å².